The average Bonchev–Trinajstić information content (AvgIpc) is 2.79. The second kappa shape index (κ2) is 6.61. The summed E-state index contributed by atoms with van der Waals surface area (Å²) in [6.07, 6.45) is 3.03. The van der Waals surface area contributed by atoms with Crippen LogP contribution in [0.5, 0.6) is 0 Å². The molecule has 1 aliphatic heterocycles. The molecule has 2 heterocycles. The number of H-pyrrole nitrogens is 1. The maximum absolute atomic E-state index is 11.8. The van der Waals surface area contributed by atoms with Crippen molar-refractivity contribution in [1.29, 1.82) is 0 Å². The summed E-state index contributed by atoms with van der Waals surface area (Å²) < 4.78 is 0. The van der Waals surface area contributed by atoms with Gasteiger partial charge in [0.1, 0.15) is 5.69 Å². The Kier molecular flexibility index (Phi) is 5.44. The fraction of sp³-hybridized carbons (Fsp3) is 0.636. The van der Waals surface area contributed by atoms with Crippen LogP contribution in [0.3, 0.4) is 0 Å². The van der Waals surface area contributed by atoms with Crippen LogP contribution in [0.1, 0.15) is 35.9 Å². The third-order valence-electron chi connectivity index (χ3n) is 2.88. The van der Waals surface area contributed by atoms with Crippen molar-refractivity contribution < 1.29 is 4.79 Å². The predicted molar refractivity (Wildman–Crippen MR) is 68.6 cm³/mol. The average molecular weight is 259 g/mol. The summed E-state index contributed by atoms with van der Waals surface area (Å²) in [4.78, 5) is 11.8. The number of nitrogens with zero attached hydrogens (tertiary/aromatic N) is 1. The van der Waals surface area contributed by atoms with Crippen LogP contribution in [0.15, 0.2) is 6.07 Å². The first kappa shape index (κ1) is 14.0. The molecule has 2 rings (SSSR count). The third-order valence-corrected chi connectivity index (χ3v) is 2.88. The van der Waals surface area contributed by atoms with Crippen molar-refractivity contribution in [3.8, 4) is 0 Å². The maximum Gasteiger partial charge on any atom is 0.272 e. The summed E-state index contributed by atoms with van der Waals surface area (Å²) in [6, 6.07) is 2.05. The summed E-state index contributed by atoms with van der Waals surface area (Å²) >= 11 is 0. The Bertz CT molecular complexity index is 360. The number of carbonyl (C=O) groups excluding carboxylic acids is 1. The second-order valence-electron chi connectivity index (χ2n) is 4.15. The van der Waals surface area contributed by atoms with Gasteiger partial charge in [-0.15, -0.1) is 12.4 Å². The standard InChI is InChI=1S/C11H18N4O.ClH/c1-2-8-6-10(15-14-8)11(16)13-9-4-3-5-12-7-9;/h6,9,12H,2-5,7H2,1H3,(H,13,16)(H,14,15);1H. The highest BCUT2D eigenvalue weighted by atomic mass is 35.5. The number of aromatic amines is 1. The first-order chi connectivity index (χ1) is 7.79. The normalized spacial score (nSPS) is 19.5. The molecule has 1 atom stereocenters. The van der Waals surface area contributed by atoms with Gasteiger partial charge in [0.2, 0.25) is 0 Å². The molecule has 96 valence electrons. The van der Waals surface area contributed by atoms with Crippen LogP contribution < -0.4 is 10.6 Å². The molecule has 0 radical (unpaired) electrons. The first-order valence-corrected chi connectivity index (χ1v) is 5.85. The molecule has 1 amide bonds. The molecule has 1 aliphatic rings. The van der Waals surface area contributed by atoms with Crippen LogP contribution in [0.25, 0.3) is 0 Å². The third kappa shape index (κ3) is 3.71. The van der Waals surface area contributed by atoms with Crippen LogP contribution in [-0.4, -0.2) is 35.2 Å². The van der Waals surface area contributed by atoms with E-state index in [1.54, 1.807) is 0 Å². The predicted octanol–water partition coefficient (Wildman–Crippen LogP) is 0.876. The molecule has 0 aliphatic carbocycles. The number of amides is 1. The van der Waals surface area contributed by atoms with Gasteiger partial charge in [0.25, 0.3) is 5.91 Å². The molecule has 1 unspecified atom stereocenters. The molecule has 5 nitrogen and oxygen atoms in total. The van der Waals surface area contributed by atoms with Gasteiger partial charge in [0.15, 0.2) is 0 Å². The fourth-order valence-corrected chi connectivity index (χ4v) is 1.89. The van der Waals surface area contributed by atoms with E-state index in [9.17, 15) is 4.79 Å². The lowest BCUT2D eigenvalue weighted by atomic mass is 10.1. The molecule has 1 aromatic rings. The van der Waals surface area contributed by atoms with E-state index < -0.39 is 0 Å². The van der Waals surface area contributed by atoms with E-state index in [0.29, 0.717) is 5.69 Å². The number of aryl methyl sites for hydroxylation is 1. The number of rotatable bonds is 3. The number of nitrogens with one attached hydrogen (secondary N) is 3. The number of aromatic nitrogens is 2. The van der Waals surface area contributed by atoms with E-state index in [-0.39, 0.29) is 24.4 Å². The molecule has 1 aromatic heterocycles. The molecule has 6 heteroatoms. The minimum absolute atomic E-state index is 0. The lowest BCUT2D eigenvalue weighted by Gasteiger charge is -2.23. The van der Waals surface area contributed by atoms with E-state index in [0.717, 1.165) is 38.0 Å². The highest BCUT2D eigenvalue weighted by Crippen LogP contribution is 2.04. The van der Waals surface area contributed by atoms with E-state index in [1.165, 1.54) is 0 Å². The van der Waals surface area contributed by atoms with Gasteiger partial charge < -0.3 is 10.6 Å². The minimum atomic E-state index is -0.0790. The fourth-order valence-electron chi connectivity index (χ4n) is 1.89. The monoisotopic (exact) mass is 258 g/mol. The van der Waals surface area contributed by atoms with Crippen molar-refractivity contribution in [1.82, 2.24) is 20.8 Å². The summed E-state index contributed by atoms with van der Waals surface area (Å²) in [5.74, 6) is -0.0790. The zero-order valence-corrected chi connectivity index (χ0v) is 10.8. The van der Waals surface area contributed by atoms with Gasteiger partial charge in [0.05, 0.1) is 0 Å². The minimum Gasteiger partial charge on any atom is -0.347 e. The number of piperidine rings is 1. The lowest BCUT2D eigenvalue weighted by molar-refractivity contribution is 0.0925. The van der Waals surface area contributed by atoms with Crippen molar-refractivity contribution in [2.75, 3.05) is 13.1 Å². The number of carbonyl (C=O) groups is 1. The summed E-state index contributed by atoms with van der Waals surface area (Å²) in [6.45, 7) is 3.94. The van der Waals surface area contributed by atoms with E-state index >= 15 is 0 Å². The Morgan fingerprint density at radius 1 is 1.65 bits per heavy atom. The Balaban J connectivity index is 0.00000144. The molecule has 0 bridgehead atoms. The zero-order chi connectivity index (χ0) is 11.4. The summed E-state index contributed by atoms with van der Waals surface area (Å²) in [5.41, 5.74) is 1.48. The van der Waals surface area contributed by atoms with E-state index in [2.05, 4.69) is 20.8 Å². The van der Waals surface area contributed by atoms with Crippen molar-refractivity contribution in [3.05, 3.63) is 17.5 Å². The number of hydrogen-bond donors (Lipinski definition) is 3. The van der Waals surface area contributed by atoms with Crippen LogP contribution in [0.2, 0.25) is 0 Å². The second-order valence-corrected chi connectivity index (χ2v) is 4.15. The van der Waals surface area contributed by atoms with E-state index in [1.807, 2.05) is 13.0 Å². The molecule has 1 saturated heterocycles. The van der Waals surface area contributed by atoms with Crippen LogP contribution in [0, 0.1) is 0 Å². The highest BCUT2D eigenvalue weighted by molar-refractivity contribution is 5.92. The molecule has 0 aromatic carbocycles. The Hall–Kier alpha value is -1.07. The quantitative estimate of drug-likeness (QED) is 0.754. The van der Waals surface area contributed by atoms with Crippen LogP contribution >= 0.6 is 12.4 Å². The van der Waals surface area contributed by atoms with Crippen molar-refractivity contribution >= 4 is 18.3 Å². The number of halogens is 1. The largest absolute Gasteiger partial charge is 0.347 e. The van der Waals surface area contributed by atoms with Crippen molar-refractivity contribution in [2.45, 2.75) is 32.2 Å². The van der Waals surface area contributed by atoms with Gasteiger partial charge in [-0.2, -0.15) is 5.10 Å². The van der Waals surface area contributed by atoms with Gasteiger partial charge in [-0.05, 0) is 31.9 Å². The first-order valence-electron chi connectivity index (χ1n) is 5.85. The Morgan fingerprint density at radius 2 is 2.47 bits per heavy atom. The SMILES string of the molecule is CCc1cc(C(=O)NC2CCCNC2)n[nH]1.Cl. The molecule has 1 fully saturated rings. The molecule has 0 saturated carbocycles. The topological polar surface area (TPSA) is 69.8 Å². The van der Waals surface area contributed by atoms with Gasteiger partial charge in [-0.25, -0.2) is 0 Å². The molecule has 17 heavy (non-hydrogen) atoms. The molecular formula is C11H19ClN4O. The number of hydrogen-bond acceptors (Lipinski definition) is 3. The van der Waals surface area contributed by atoms with Crippen molar-refractivity contribution in [3.63, 3.8) is 0 Å². The zero-order valence-electron chi connectivity index (χ0n) is 9.95. The van der Waals surface area contributed by atoms with Gasteiger partial charge in [0, 0.05) is 18.3 Å². The summed E-state index contributed by atoms with van der Waals surface area (Å²) in [7, 11) is 0. The van der Waals surface area contributed by atoms with Gasteiger partial charge >= 0.3 is 0 Å². The lowest BCUT2D eigenvalue weighted by Crippen LogP contribution is -2.45. The van der Waals surface area contributed by atoms with Gasteiger partial charge in [-0.3, -0.25) is 9.89 Å². The molecular weight excluding hydrogens is 240 g/mol. The Morgan fingerprint density at radius 3 is 3.06 bits per heavy atom. The Labute approximate surface area is 107 Å². The van der Waals surface area contributed by atoms with Crippen molar-refractivity contribution in [2.24, 2.45) is 0 Å². The van der Waals surface area contributed by atoms with E-state index in [4.69, 9.17) is 0 Å². The maximum atomic E-state index is 11.8. The van der Waals surface area contributed by atoms with Crippen LogP contribution in [-0.2, 0) is 6.42 Å². The smallest absolute Gasteiger partial charge is 0.272 e. The summed E-state index contributed by atoms with van der Waals surface area (Å²) in [5, 5.41) is 13.1. The molecule has 3 N–H and O–H groups in total. The van der Waals surface area contributed by atoms with Crippen LogP contribution in [0.4, 0.5) is 0 Å². The highest BCUT2D eigenvalue weighted by Gasteiger charge is 2.17. The molecule has 0 spiro atoms. The van der Waals surface area contributed by atoms with Gasteiger partial charge in [-0.1, -0.05) is 6.92 Å².